The highest BCUT2D eigenvalue weighted by Gasteiger charge is 2.37. The third-order valence-corrected chi connectivity index (χ3v) is 9.32. The maximum atomic E-state index is 5.01. The van der Waals surface area contributed by atoms with Gasteiger partial charge in [-0.15, -0.1) is 12.8 Å². The molecule has 0 saturated carbocycles. The smallest absolute Gasteiger partial charge is 0.164 e. The standard InChI is InChI=1S/C42H34N4.C2H2/c1-5-15-27(6-2)39-43-40(28-16-9-7-10-17-28)45-41(44-39)29-22-23-31-33-25-34-32-20-13-14-21-37(32)46(30-18-11-8-12-19-30)38(34)26-36(33)42(3,4)35(31)24-29;1-2/h5-26H,1-4H3;1-2H/b15-5-,27-6+;. The molecule has 48 heavy (non-hydrogen) atoms. The van der Waals surface area contributed by atoms with Crippen molar-refractivity contribution in [2.45, 2.75) is 33.1 Å². The average Bonchev–Trinajstić information content (AvgIpc) is 3.58. The third kappa shape index (κ3) is 4.92. The molecule has 0 amide bonds. The highest BCUT2D eigenvalue weighted by Crippen LogP contribution is 2.51. The Bertz CT molecular complexity index is 2390. The number of hydrogen-bond acceptors (Lipinski definition) is 3. The summed E-state index contributed by atoms with van der Waals surface area (Å²) in [5.41, 5.74) is 11.5. The molecule has 0 spiro atoms. The SMILES string of the molecule is C#C.C/C=C\C(=C/C)c1nc(-c2ccccc2)nc(-c2ccc3c(c2)C(C)(C)c2cc4c(cc2-3)c2ccccc2n4-c2ccccc2)n1. The van der Waals surface area contributed by atoms with Crippen molar-refractivity contribution in [3.8, 4) is 52.4 Å². The predicted octanol–water partition coefficient (Wildman–Crippen LogP) is 10.8. The van der Waals surface area contributed by atoms with Gasteiger partial charge < -0.3 is 4.57 Å². The second kappa shape index (κ2) is 12.3. The summed E-state index contributed by atoms with van der Waals surface area (Å²) in [6.07, 6.45) is 14.1. The van der Waals surface area contributed by atoms with E-state index < -0.39 is 0 Å². The Morgan fingerprint density at radius 2 is 1.27 bits per heavy atom. The molecule has 1 aliphatic rings. The van der Waals surface area contributed by atoms with Crippen molar-refractivity contribution in [3.05, 3.63) is 150 Å². The molecule has 0 radical (unpaired) electrons. The molecule has 7 aromatic rings. The lowest BCUT2D eigenvalue weighted by Gasteiger charge is -2.22. The van der Waals surface area contributed by atoms with Crippen LogP contribution < -0.4 is 0 Å². The van der Waals surface area contributed by atoms with E-state index in [2.05, 4.69) is 116 Å². The quantitative estimate of drug-likeness (QED) is 0.142. The van der Waals surface area contributed by atoms with E-state index in [-0.39, 0.29) is 5.41 Å². The van der Waals surface area contributed by atoms with E-state index in [0.29, 0.717) is 17.5 Å². The first-order valence-corrected chi connectivity index (χ1v) is 16.2. The van der Waals surface area contributed by atoms with Crippen LogP contribution in [0.15, 0.2) is 133 Å². The van der Waals surface area contributed by atoms with E-state index in [0.717, 1.165) is 16.7 Å². The molecule has 0 saturated heterocycles. The monoisotopic (exact) mass is 620 g/mol. The molecule has 0 aliphatic heterocycles. The first-order chi connectivity index (χ1) is 23.5. The van der Waals surface area contributed by atoms with Crippen molar-refractivity contribution < 1.29 is 0 Å². The fraction of sp³-hybridized carbons (Fsp3) is 0.114. The maximum absolute atomic E-state index is 5.01. The molecule has 232 valence electrons. The summed E-state index contributed by atoms with van der Waals surface area (Å²) in [5, 5.41) is 2.53. The van der Waals surface area contributed by atoms with Crippen LogP contribution >= 0.6 is 0 Å². The van der Waals surface area contributed by atoms with Gasteiger partial charge in [0.15, 0.2) is 17.5 Å². The largest absolute Gasteiger partial charge is 0.309 e. The Morgan fingerprint density at radius 1 is 0.625 bits per heavy atom. The van der Waals surface area contributed by atoms with Crippen LogP contribution in [0.2, 0.25) is 0 Å². The maximum Gasteiger partial charge on any atom is 0.164 e. The minimum atomic E-state index is -0.218. The number of aromatic nitrogens is 4. The normalized spacial score (nSPS) is 13.3. The van der Waals surface area contributed by atoms with Crippen molar-refractivity contribution in [1.82, 2.24) is 19.5 Å². The van der Waals surface area contributed by atoms with Crippen LogP contribution in [0.25, 0.3) is 67.0 Å². The van der Waals surface area contributed by atoms with Crippen LogP contribution in [0.3, 0.4) is 0 Å². The van der Waals surface area contributed by atoms with Crippen LogP contribution in [-0.4, -0.2) is 19.5 Å². The molecule has 4 nitrogen and oxygen atoms in total. The van der Waals surface area contributed by atoms with E-state index in [1.54, 1.807) is 0 Å². The summed E-state index contributed by atoms with van der Waals surface area (Å²) < 4.78 is 2.40. The minimum Gasteiger partial charge on any atom is -0.309 e. The molecular weight excluding hydrogens is 585 g/mol. The summed E-state index contributed by atoms with van der Waals surface area (Å²) in [6.45, 7) is 8.70. The van der Waals surface area contributed by atoms with E-state index in [9.17, 15) is 0 Å². The lowest BCUT2D eigenvalue weighted by molar-refractivity contribution is 0.661. The minimum absolute atomic E-state index is 0.218. The van der Waals surface area contributed by atoms with Crippen molar-refractivity contribution in [2.24, 2.45) is 0 Å². The Balaban J connectivity index is 0.00000179. The van der Waals surface area contributed by atoms with Crippen LogP contribution in [0.4, 0.5) is 0 Å². The number of allylic oxidation sites excluding steroid dienone is 4. The Kier molecular flexibility index (Phi) is 7.83. The molecule has 5 aromatic carbocycles. The fourth-order valence-electron chi connectivity index (χ4n) is 7.02. The van der Waals surface area contributed by atoms with Crippen molar-refractivity contribution in [1.29, 1.82) is 0 Å². The first kappa shape index (κ1) is 30.6. The van der Waals surface area contributed by atoms with E-state index in [4.69, 9.17) is 15.0 Å². The molecule has 0 unspecified atom stereocenters. The summed E-state index contributed by atoms with van der Waals surface area (Å²) >= 11 is 0. The van der Waals surface area contributed by atoms with Gasteiger partial charge in [-0.25, -0.2) is 15.0 Å². The van der Waals surface area contributed by atoms with Gasteiger partial charge in [-0.3, -0.25) is 0 Å². The second-order valence-corrected chi connectivity index (χ2v) is 12.4. The van der Waals surface area contributed by atoms with Crippen LogP contribution in [0.1, 0.15) is 44.6 Å². The fourth-order valence-corrected chi connectivity index (χ4v) is 7.02. The molecule has 2 heterocycles. The zero-order valence-electron chi connectivity index (χ0n) is 27.6. The topological polar surface area (TPSA) is 43.6 Å². The second-order valence-electron chi connectivity index (χ2n) is 12.4. The van der Waals surface area contributed by atoms with Crippen molar-refractivity contribution in [2.75, 3.05) is 0 Å². The summed E-state index contributed by atoms with van der Waals surface area (Å²) in [4.78, 5) is 14.9. The van der Waals surface area contributed by atoms with E-state index in [1.807, 2.05) is 62.4 Å². The molecule has 0 atom stereocenters. The number of fused-ring (bicyclic) bond motifs is 6. The van der Waals surface area contributed by atoms with Gasteiger partial charge in [0.05, 0.1) is 11.0 Å². The van der Waals surface area contributed by atoms with Gasteiger partial charge in [0.2, 0.25) is 0 Å². The Hall–Kier alpha value is -6.05. The summed E-state index contributed by atoms with van der Waals surface area (Å²) in [6, 6.07) is 41.1. The first-order valence-electron chi connectivity index (χ1n) is 16.2. The number of benzene rings is 5. The molecule has 0 N–H and O–H groups in total. The summed E-state index contributed by atoms with van der Waals surface area (Å²) in [5.74, 6) is 2.01. The molecule has 2 aromatic heterocycles. The summed E-state index contributed by atoms with van der Waals surface area (Å²) in [7, 11) is 0. The van der Waals surface area contributed by atoms with Crippen molar-refractivity contribution >= 4 is 27.4 Å². The van der Waals surface area contributed by atoms with Gasteiger partial charge in [0.25, 0.3) is 0 Å². The Labute approximate surface area is 282 Å². The van der Waals surface area contributed by atoms with E-state index in [1.165, 1.54) is 49.7 Å². The molecule has 8 rings (SSSR count). The number of rotatable bonds is 5. The molecule has 1 aliphatic carbocycles. The Morgan fingerprint density at radius 3 is 1.98 bits per heavy atom. The van der Waals surface area contributed by atoms with Crippen LogP contribution in [0.5, 0.6) is 0 Å². The lowest BCUT2D eigenvalue weighted by Crippen LogP contribution is -2.15. The molecular formula is C44H36N4. The van der Waals surface area contributed by atoms with Gasteiger partial charge in [-0.2, -0.15) is 0 Å². The zero-order valence-corrected chi connectivity index (χ0v) is 27.6. The highest BCUT2D eigenvalue weighted by molar-refractivity contribution is 6.11. The van der Waals surface area contributed by atoms with Gasteiger partial charge in [0, 0.05) is 38.6 Å². The molecule has 0 bridgehead atoms. The van der Waals surface area contributed by atoms with Gasteiger partial charge in [-0.05, 0) is 72.5 Å². The molecule has 0 fully saturated rings. The number of hydrogen-bond donors (Lipinski definition) is 0. The predicted molar refractivity (Wildman–Crippen MR) is 201 cm³/mol. The zero-order chi connectivity index (χ0) is 33.4. The average molecular weight is 621 g/mol. The molecule has 4 heteroatoms. The number of terminal acetylenes is 1. The van der Waals surface area contributed by atoms with Crippen LogP contribution in [0, 0.1) is 12.8 Å². The van der Waals surface area contributed by atoms with E-state index >= 15 is 0 Å². The lowest BCUT2D eigenvalue weighted by atomic mass is 9.81. The van der Waals surface area contributed by atoms with Gasteiger partial charge in [-0.1, -0.05) is 111 Å². The van der Waals surface area contributed by atoms with Crippen molar-refractivity contribution in [3.63, 3.8) is 0 Å². The van der Waals surface area contributed by atoms with Gasteiger partial charge >= 0.3 is 0 Å². The highest BCUT2D eigenvalue weighted by atomic mass is 15.0. The third-order valence-electron chi connectivity index (χ3n) is 9.32. The number of para-hydroxylation sites is 2. The van der Waals surface area contributed by atoms with Crippen LogP contribution in [-0.2, 0) is 5.41 Å². The van der Waals surface area contributed by atoms with Gasteiger partial charge in [0.1, 0.15) is 0 Å². The number of nitrogens with zero attached hydrogens (tertiary/aromatic N) is 4.